The van der Waals surface area contributed by atoms with Crippen molar-refractivity contribution in [2.24, 2.45) is 0 Å². The third-order valence-corrected chi connectivity index (χ3v) is 3.54. The predicted molar refractivity (Wildman–Crippen MR) is 104 cm³/mol. The van der Waals surface area contributed by atoms with Crippen molar-refractivity contribution in [3.63, 3.8) is 0 Å². The fraction of sp³-hybridized carbons (Fsp3) is 0.550. The molecule has 0 fully saturated rings. The molecule has 156 valence electrons. The van der Waals surface area contributed by atoms with Crippen molar-refractivity contribution in [3.8, 4) is 5.75 Å². The molecule has 0 spiro atoms. The number of carbonyl (C=O) groups is 3. The zero-order chi connectivity index (χ0) is 21.0. The van der Waals surface area contributed by atoms with Crippen LogP contribution < -0.4 is 15.4 Å². The van der Waals surface area contributed by atoms with Gasteiger partial charge in [-0.2, -0.15) is 0 Å². The summed E-state index contributed by atoms with van der Waals surface area (Å²) in [5.74, 6) is -0.291. The molecule has 8 nitrogen and oxygen atoms in total. The normalized spacial score (nSPS) is 10.7. The lowest BCUT2D eigenvalue weighted by Gasteiger charge is -2.19. The van der Waals surface area contributed by atoms with Crippen molar-refractivity contribution in [1.29, 1.82) is 0 Å². The zero-order valence-corrected chi connectivity index (χ0v) is 17.0. The van der Waals surface area contributed by atoms with Crippen LogP contribution in [-0.2, 0) is 14.3 Å². The monoisotopic (exact) mass is 394 g/mol. The highest BCUT2D eigenvalue weighted by Gasteiger charge is 2.15. The number of benzene rings is 1. The fourth-order valence-electron chi connectivity index (χ4n) is 2.25. The second kappa shape index (κ2) is 11.8. The van der Waals surface area contributed by atoms with E-state index in [4.69, 9.17) is 9.47 Å². The minimum absolute atomic E-state index is 0.0347. The molecule has 0 aliphatic rings. The second-order valence-electron chi connectivity index (χ2n) is 7.12. The van der Waals surface area contributed by atoms with E-state index in [2.05, 4.69) is 15.4 Å². The molecule has 1 aromatic rings. The standard InChI is InChI=1S/C20H30N2O6/c1-20(2,3)28-19(25)21-13-9-5-6-12-17(23)22-14-27-16-11-8-7-10-15(16)18(24)26-4/h7-8,10-11H,5-6,9,12-14H2,1-4H3,(H,21,25)(H,22,23). The van der Waals surface area contributed by atoms with Gasteiger partial charge < -0.3 is 24.8 Å². The lowest BCUT2D eigenvalue weighted by molar-refractivity contribution is -0.122. The number of amides is 2. The molecule has 0 radical (unpaired) electrons. The minimum atomic E-state index is -0.512. The Morgan fingerprint density at radius 2 is 1.71 bits per heavy atom. The molecule has 0 atom stereocenters. The van der Waals surface area contributed by atoms with Crippen LogP contribution in [0.25, 0.3) is 0 Å². The third kappa shape index (κ3) is 9.80. The molecule has 0 saturated carbocycles. The maximum absolute atomic E-state index is 11.8. The van der Waals surface area contributed by atoms with Crippen molar-refractivity contribution >= 4 is 18.0 Å². The van der Waals surface area contributed by atoms with Crippen LogP contribution in [0.5, 0.6) is 5.75 Å². The number of hydrogen-bond acceptors (Lipinski definition) is 6. The van der Waals surface area contributed by atoms with Gasteiger partial charge in [-0.05, 0) is 45.7 Å². The summed E-state index contributed by atoms with van der Waals surface area (Å²) in [7, 11) is 1.30. The molecule has 8 heteroatoms. The summed E-state index contributed by atoms with van der Waals surface area (Å²) in [6.45, 7) is 5.89. The van der Waals surface area contributed by atoms with Crippen LogP contribution in [0, 0.1) is 0 Å². The number of carbonyl (C=O) groups excluding carboxylic acids is 3. The lowest BCUT2D eigenvalue weighted by atomic mass is 10.2. The lowest BCUT2D eigenvalue weighted by Crippen LogP contribution is -2.33. The van der Waals surface area contributed by atoms with Gasteiger partial charge in [0.2, 0.25) is 5.91 Å². The Kier molecular flexibility index (Phi) is 9.84. The number of methoxy groups -OCH3 is 1. The zero-order valence-electron chi connectivity index (χ0n) is 17.0. The molecule has 0 bridgehead atoms. The van der Waals surface area contributed by atoms with Crippen LogP contribution in [0.1, 0.15) is 56.8 Å². The number of ether oxygens (including phenoxy) is 3. The Morgan fingerprint density at radius 1 is 1.00 bits per heavy atom. The molecule has 0 heterocycles. The van der Waals surface area contributed by atoms with E-state index < -0.39 is 17.7 Å². The van der Waals surface area contributed by atoms with Crippen LogP contribution in [0.2, 0.25) is 0 Å². The Labute approximate surface area is 165 Å². The van der Waals surface area contributed by atoms with Crippen molar-refractivity contribution in [2.75, 3.05) is 20.4 Å². The number of hydrogen-bond donors (Lipinski definition) is 2. The quantitative estimate of drug-likeness (QED) is 0.359. The van der Waals surface area contributed by atoms with Gasteiger partial charge in [0.15, 0.2) is 6.73 Å². The summed E-state index contributed by atoms with van der Waals surface area (Å²) in [6, 6.07) is 6.66. The maximum atomic E-state index is 11.8. The fourth-order valence-corrected chi connectivity index (χ4v) is 2.25. The predicted octanol–water partition coefficient (Wildman–Crippen LogP) is 3.01. The van der Waals surface area contributed by atoms with Gasteiger partial charge in [0.05, 0.1) is 7.11 Å². The smallest absolute Gasteiger partial charge is 0.407 e. The van der Waals surface area contributed by atoms with Crippen molar-refractivity contribution in [1.82, 2.24) is 10.6 Å². The molecule has 1 rings (SSSR count). The molecule has 2 N–H and O–H groups in total. The second-order valence-corrected chi connectivity index (χ2v) is 7.12. The van der Waals surface area contributed by atoms with E-state index in [1.165, 1.54) is 7.11 Å². The van der Waals surface area contributed by atoms with E-state index in [0.717, 1.165) is 12.8 Å². The van der Waals surface area contributed by atoms with Crippen molar-refractivity contribution in [2.45, 2.75) is 52.1 Å². The molecular weight excluding hydrogens is 364 g/mol. The number of esters is 1. The summed E-state index contributed by atoms with van der Waals surface area (Å²) in [6.07, 6.45) is 2.18. The molecule has 0 aliphatic heterocycles. The van der Waals surface area contributed by atoms with Crippen LogP contribution in [0.15, 0.2) is 24.3 Å². The molecule has 1 aromatic carbocycles. The van der Waals surface area contributed by atoms with E-state index in [1.807, 2.05) is 20.8 Å². The average Bonchev–Trinajstić information content (AvgIpc) is 2.63. The highest BCUT2D eigenvalue weighted by atomic mass is 16.6. The van der Waals surface area contributed by atoms with E-state index in [9.17, 15) is 14.4 Å². The number of nitrogens with one attached hydrogen (secondary N) is 2. The molecule has 0 unspecified atom stereocenters. The average molecular weight is 394 g/mol. The molecule has 0 aromatic heterocycles. The Morgan fingerprint density at radius 3 is 2.39 bits per heavy atom. The number of para-hydroxylation sites is 1. The third-order valence-electron chi connectivity index (χ3n) is 3.54. The summed E-state index contributed by atoms with van der Waals surface area (Å²) >= 11 is 0. The molecule has 0 aliphatic carbocycles. The SMILES string of the molecule is COC(=O)c1ccccc1OCNC(=O)CCCCCNC(=O)OC(C)(C)C. The van der Waals surface area contributed by atoms with Crippen molar-refractivity contribution < 1.29 is 28.6 Å². The van der Waals surface area contributed by atoms with Gasteiger partial charge in [-0.3, -0.25) is 4.79 Å². The first-order valence-electron chi connectivity index (χ1n) is 9.26. The number of alkyl carbamates (subject to hydrolysis) is 1. The molecule has 2 amide bonds. The highest BCUT2D eigenvalue weighted by Crippen LogP contribution is 2.18. The summed E-state index contributed by atoms with van der Waals surface area (Å²) < 4.78 is 15.3. The molecular formula is C20H30N2O6. The molecule has 0 saturated heterocycles. The summed E-state index contributed by atoms with van der Waals surface area (Å²) in [5.41, 5.74) is -0.210. The first-order valence-corrected chi connectivity index (χ1v) is 9.26. The van der Waals surface area contributed by atoms with Gasteiger partial charge in [0.1, 0.15) is 16.9 Å². The van der Waals surface area contributed by atoms with Gasteiger partial charge in [-0.15, -0.1) is 0 Å². The highest BCUT2D eigenvalue weighted by molar-refractivity contribution is 5.92. The number of unbranched alkanes of at least 4 members (excludes halogenated alkanes) is 2. The van der Waals surface area contributed by atoms with E-state index >= 15 is 0 Å². The number of rotatable bonds is 10. The Hall–Kier alpha value is -2.77. The minimum Gasteiger partial charge on any atom is -0.472 e. The van der Waals surface area contributed by atoms with Gasteiger partial charge >= 0.3 is 12.1 Å². The first kappa shape index (κ1) is 23.3. The Bertz CT molecular complexity index is 654. The van der Waals surface area contributed by atoms with Gasteiger partial charge in [0, 0.05) is 13.0 Å². The largest absolute Gasteiger partial charge is 0.472 e. The summed E-state index contributed by atoms with van der Waals surface area (Å²) in [4.78, 5) is 35.0. The van der Waals surface area contributed by atoms with Crippen LogP contribution in [-0.4, -0.2) is 44.0 Å². The Balaban J connectivity index is 2.15. The molecule has 28 heavy (non-hydrogen) atoms. The van der Waals surface area contributed by atoms with E-state index in [1.54, 1.807) is 24.3 Å². The van der Waals surface area contributed by atoms with Gasteiger partial charge in [-0.1, -0.05) is 18.6 Å². The summed E-state index contributed by atoms with van der Waals surface area (Å²) in [5, 5.41) is 5.33. The van der Waals surface area contributed by atoms with Crippen LogP contribution in [0.3, 0.4) is 0 Å². The topological polar surface area (TPSA) is 103 Å². The van der Waals surface area contributed by atoms with E-state index in [-0.39, 0.29) is 12.6 Å². The maximum Gasteiger partial charge on any atom is 0.407 e. The van der Waals surface area contributed by atoms with Gasteiger partial charge in [0.25, 0.3) is 0 Å². The van der Waals surface area contributed by atoms with Crippen LogP contribution >= 0.6 is 0 Å². The van der Waals surface area contributed by atoms with Crippen molar-refractivity contribution in [3.05, 3.63) is 29.8 Å². The van der Waals surface area contributed by atoms with E-state index in [0.29, 0.717) is 30.7 Å². The van der Waals surface area contributed by atoms with Crippen LogP contribution in [0.4, 0.5) is 4.79 Å². The first-order chi connectivity index (χ1) is 13.2. The van der Waals surface area contributed by atoms with Gasteiger partial charge in [-0.25, -0.2) is 9.59 Å².